The molecule has 0 saturated carbocycles. The van der Waals surface area contributed by atoms with Crippen molar-refractivity contribution in [3.05, 3.63) is 12.7 Å². The Balaban J connectivity index is 1.36. The van der Waals surface area contributed by atoms with Gasteiger partial charge in [0, 0.05) is 6.61 Å². The molecule has 0 bridgehead atoms. The van der Waals surface area contributed by atoms with Crippen molar-refractivity contribution in [3.8, 4) is 0 Å². The van der Waals surface area contributed by atoms with Gasteiger partial charge in [-0.2, -0.15) is 0 Å². The molecule has 2 aromatic heterocycles. The number of fused-ring (bicyclic) bond motifs is 1. The van der Waals surface area contributed by atoms with Crippen LogP contribution in [-0.2, 0) is 25.1 Å². The maximum Gasteiger partial charge on any atom is 0.353 e. The zero-order valence-electron chi connectivity index (χ0n) is 25.0. The molecule has 1 unspecified atom stereocenters. The van der Waals surface area contributed by atoms with E-state index in [1.54, 1.807) is 17.8 Å². The summed E-state index contributed by atoms with van der Waals surface area (Å²) in [5.74, 6) is 0.308. The van der Waals surface area contributed by atoms with Gasteiger partial charge in [-0.1, -0.05) is 103 Å². The molecule has 3 N–H and O–H groups in total. The third-order valence-corrected chi connectivity index (χ3v) is 8.13. The molecule has 0 fully saturated rings. The molecule has 0 radical (unpaired) electrons. The number of hydrogen-bond donors (Lipinski definition) is 2. The van der Waals surface area contributed by atoms with E-state index in [-0.39, 0.29) is 12.7 Å². The fourth-order valence-corrected chi connectivity index (χ4v) is 5.59. The number of aromatic nitrogens is 4. The first-order chi connectivity index (χ1) is 19.4. The van der Waals surface area contributed by atoms with E-state index in [2.05, 4.69) is 21.9 Å². The predicted molar refractivity (Wildman–Crippen MR) is 161 cm³/mol. The molecule has 2 atom stereocenters. The van der Waals surface area contributed by atoms with Crippen molar-refractivity contribution in [3.63, 3.8) is 0 Å². The Hall–Kier alpha value is -1.58. The lowest BCUT2D eigenvalue weighted by molar-refractivity contribution is 0.0610. The van der Waals surface area contributed by atoms with Crippen LogP contribution < -0.4 is 5.73 Å². The van der Waals surface area contributed by atoms with Gasteiger partial charge in [0.1, 0.15) is 18.2 Å². The SMILES string of the molecule is CCCCCCCCCCCCCCCCCCOCCOP(=O)(O)CO[C@H](C)Cn1cnc2c(N)ncnc21. The van der Waals surface area contributed by atoms with Crippen LogP contribution in [0.3, 0.4) is 0 Å². The minimum Gasteiger partial charge on any atom is -0.382 e. The van der Waals surface area contributed by atoms with Gasteiger partial charge in [-0.15, -0.1) is 0 Å². The average molecular weight is 584 g/mol. The van der Waals surface area contributed by atoms with E-state index in [9.17, 15) is 9.46 Å². The molecule has 0 saturated heterocycles. The minimum atomic E-state index is -3.86. The first-order valence-electron chi connectivity index (χ1n) is 15.5. The monoisotopic (exact) mass is 583 g/mol. The molecule has 0 amide bonds. The number of nitrogens with two attached hydrogens (primary N) is 1. The lowest BCUT2D eigenvalue weighted by Crippen LogP contribution is -2.18. The van der Waals surface area contributed by atoms with Crippen LogP contribution in [0.2, 0.25) is 0 Å². The second-order valence-corrected chi connectivity index (χ2v) is 12.6. The fraction of sp³-hybridized carbons (Fsp3) is 0.828. The largest absolute Gasteiger partial charge is 0.382 e. The van der Waals surface area contributed by atoms with Crippen molar-refractivity contribution in [2.45, 2.75) is 129 Å². The molecule has 40 heavy (non-hydrogen) atoms. The summed E-state index contributed by atoms with van der Waals surface area (Å²) in [6.07, 6.45) is 23.6. The summed E-state index contributed by atoms with van der Waals surface area (Å²) in [4.78, 5) is 22.4. The van der Waals surface area contributed by atoms with Gasteiger partial charge in [-0.25, -0.2) is 15.0 Å². The third kappa shape index (κ3) is 15.4. The van der Waals surface area contributed by atoms with Gasteiger partial charge in [0.05, 0.1) is 32.2 Å². The first kappa shape index (κ1) is 34.6. The van der Waals surface area contributed by atoms with Crippen LogP contribution in [0.5, 0.6) is 0 Å². The Bertz CT molecular complexity index is 960. The van der Waals surface area contributed by atoms with Crippen molar-refractivity contribution in [2.24, 2.45) is 0 Å². The van der Waals surface area contributed by atoms with Crippen molar-refractivity contribution >= 4 is 24.6 Å². The number of rotatable bonds is 26. The van der Waals surface area contributed by atoms with Gasteiger partial charge < -0.3 is 29.2 Å². The Morgan fingerprint density at radius 3 is 2.02 bits per heavy atom. The molecular formula is C29H54N5O5P. The van der Waals surface area contributed by atoms with Crippen LogP contribution in [0.25, 0.3) is 11.2 Å². The topological polar surface area (TPSA) is 135 Å². The first-order valence-corrected chi connectivity index (χ1v) is 17.3. The molecule has 2 aromatic rings. The highest BCUT2D eigenvalue weighted by molar-refractivity contribution is 7.52. The van der Waals surface area contributed by atoms with E-state index in [4.69, 9.17) is 19.7 Å². The zero-order chi connectivity index (χ0) is 28.9. The number of ether oxygens (including phenoxy) is 2. The van der Waals surface area contributed by atoms with Crippen LogP contribution in [0.15, 0.2) is 12.7 Å². The van der Waals surface area contributed by atoms with Gasteiger partial charge in [0.25, 0.3) is 0 Å². The molecule has 230 valence electrons. The number of nitrogen functional groups attached to an aromatic ring is 1. The third-order valence-electron chi connectivity index (χ3n) is 7.07. The maximum absolute atomic E-state index is 12.3. The van der Waals surface area contributed by atoms with Crippen LogP contribution in [0.4, 0.5) is 5.82 Å². The van der Waals surface area contributed by atoms with Crippen LogP contribution >= 0.6 is 7.60 Å². The van der Waals surface area contributed by atoms with E-state index in [1.165, 1.54) is 96.2 Å². The van der Waals surface area contributed by atoms with E-state index in [0.29, 0.717) is 36.7 Å². The molecular weight excluding hydrogens is 529 g/mol. The number of hydrogen-bond acceptors (Lipinski definition) is 8. The molecule has 0 aliphatic carbocycles. The van der Waals surface area contributed by atoms with Gasteiger partial charge in [0.2, 0.25) is 0 Å². The average Bonchev–Trinajstić information content (AvgIpc) is 3.34. The maximum atomic E-state index is 12.3. The lowest BCUT2D eigenvalue weighted by Gasteiger charge is -2.17. The minimum absolute atomic E-state index is 0.0622. The Morgan fingerprint density at radius 1 is 0.850 bits per heavy atom. The van der Waals surface area contributed by atoms with Crippen molar-refractivity contribution in [1.82, 2.24) is 19.5 Å². The normalized spacial score (nSPS) is 14.1. The van der Waals surface area contributed by atoms with Gasteiger partial charge in [0.15, 0.2) is 11.5 Å². The van der Waals surface area contributed by atoms with Crippen LogP contribution in [0, 0.1) is 0 Å². The highest BCUT2D eigenvalue weighted by Crippen LogP contribution is 2.41. The van der Waals surface area contributed by atoms with Crippen molar-refractivity contribution in [2.75, 3.05) is 31.9 Å². The molecule has 0 aliphatic heterocycles. The number of imidazole rings is 1. The summed E-state index contributed by atoms with van der Waals surface area (Å²) in [5.41, 5.74) is 6.91. The van der Waals surface area contributed by atoms with E-state index >= 15 is 0 Å². The molecule has 0 aliphatic rings. The molecule has 11 heteroatoms. The Labute approximate surface area is 241 Å². The summed E-state index contributed by atoms with van der Waals surface area (Å²) in [5, 5.41) is 0. The number of unbranched alkanes of at least 4 members (excludes halogenated alkanes) is 15. The van der Waals surface area contributed by atoms with Gasteiger partial charge >= 0.3 is 7.60 Å². The standard InChI is InChI=1S/C29H54N5O5P/c1-3-4-5-6-7-8-9-10-11-12-13-14-15-16-17-18-19-37-20-21-39-40(35,36)25-38-26(2)22-34-24-33-27-28(30)31-23-32-29(27)34/h23-24,26H,3-22,25H2,1-2H3,(H,35,36)(H2,30,31,32)/t26-/m1/s1. The van der Waals surface area contributed by atoms with Crippen molar-refractivity contribution in [1.29, 1.82) is 0 Å². The predicted octanol–water partition coefficient (Wildman–Crippen LogP) is 7.25. The van der Waals surface area contributed by atoms with E-state index in [1.807, 2.05) is 0 Å². The number of nitrogens with zero attached hydrogens (tertiary/aromatic N) is 4. The van der Waals surface area contributed by atoms with E-state index < -0.39 is 13.9 Å². The molecule has 0 aromatic carbocycles. The van der Waals surface area contributed by atoms with Gasteiger partial charge in [-0.05, 0) is 13.3 Å². The molecule has 0 spiro atoms. The number of anilines is 1. The summed E-state index contributed by atoms with van der Waals surface area (Å²) >= 11 is 0. The summed E-state index contributed by atoms with van der Waals surface area (Å²) < 4.78 is 30.3. The fourth-order valence-electron chi connectivity index (χ4n) is 4.71. The molecule has 10 nitrogen and oxygen atoms in total. The zero-order valence-corrected chi connectivity index (χ0v) is 25.9. The van der Waals surface area contributed by atoms with Gasteiger partial charge in [-0.3, -0.25) is 4.57 Å². The second kappa shape index (κ2) is 21.2. The quantitative estimate of drug-likeness (QED) is 0.0867. The van der Waals surface area contributed by atoms with E-state index in [0.717, 1.165) is 12.8 Å². The smallest absolute Gasteiger partial charge is 0.353 e. The lowest BCUT2D eigenvalue weighted by atomic mass is 10.0. The van der Waals surface area contributed by atoms with Crippen LogP contribution in [-0.4, -0.2) is 56.7 Å². The molecule has 2 rings (SSSR count). The highest BCUT2D eigenvalue weighted by Gasteiger charge is 2.21. The summed E-state index contributed by atoms with van der Waals surface area (Å²) in [6, 6.07) is 0. The van der Waals surface area contributed by atoms with Crippen molar-refractivity contribution < 1.29 is 23.5 Å². The Morgan fingerprint density at radius 2 is 1.43 bits per heavy atom. The van der Waals surface area contributed by atoms with Crippen LogP contribution in [0.1, 0.15) is 117 Å². The summed E-state index contributed by atoms with van der Waals surface area (Å²) in [6.45, 7) is 5.48. The second-order valence-electron chi connectivity index (χ2n) is 10.8. The summed E-state index contributed by atoms with van der Waals surface area (Å²) in [7, 11) is -3.86. The molecule has 2 heterocycles. The highest BCUT2D eigenvalue weighted by atomic mass is 31.2. The Kier molecular flexibility index (Phi) is 18.3.